The third-order valence-corrected chi connectivity index (χ3v) is 5.80. The van der Waals surface area contributed by atoms with Crippen LogP contribution >= 0.6 is 0 Å². The first kappa shape index (κ1) is 14.9. The molecule has 2 rings (SSSR count). The maximum absolute atomic E-state index is 9.59. The number of unbranched alkanes of at least 4 members (excludes halogenated alkanes) is 2. The maximum Gasteiger partial charge on any atom is 0.0689 e. The van der Waals surface area contributed by atoms with Crippen molar-refractivity contribution >= 4 is 0 Å². The summed E-state index contributed by atoms with van der Waals surface area (Å²) in [7, 11) is 0. The van der Waals surface area contributed by atoms with Crippen LogP contribution in [0.15, 0.2) is 0 Å². The predicted octanol–water partition coefficient (Wildman–Crippen LogP) is 5.85. The van der Waals surface area contributed by atoms with E-state index in [4.69, 9.17) is 0 Å². The van der Waals surface area contributed by atoms with Crippen LogP contribution in [-0.4, -0.2) is 0 Å². The molecule has 108 valence electrons. The van der Waals surface area contributed by atoms with Gasteiger partial charge in [0.1, 0.15) is 0 Å². The molecule has 0 aromatic carbocycles. The van der Waals surface area contributed by atoms with Crippen LogP contribution in [0.1, 0.15) is 90.4 Å². The lowest BCUT2D eigenvalue weighted by molar-refractivity contribution is 0.129. The van der Waals surface area contributed by atoms with E-state index in [1.165, 1.54) is 77.0 Å². The summed E-state index contributed by atoms with van der Waals surface area (Å²) in [5.74, 6) is 1.95. The topological polar surface area (TPSA) is 23.8 Å². The fraction of sp³-hybridized carbons (Fsp3) is 0.944. The van der Waals surface area contributed by atoms with Crippen molar-refractivity contribution < 1.29 is 0 Å². The monoisotopic (exact) mass is 261 g/mol. The summed E-state index contributed by atoms with van der Waals surface area (Å²) in [5, 5.41) is 9.59. The third-order valence-electron chi connectivity index (χ3n) is 5.80. The van der Waals surface area contributed by atoms with Crippen LogP contribution < -0.4 is 0 Å². The zero-order valence-electron chi connectivity index (χ0n) is 12.8. The van der Waals surface area contributed by atoms with Gasteiger partial charge in [-0.25, -0.2) is 0 Å². The Kier molecular flexibility index (Phi) is 5.74. The molecule has 0 atom stereocenters. The summed E-state index contributed by atoms with van der Waals surface area (Å²) in [4.78, 5) is 0. The average Bonchev–Trinajstić information content (AvgIpc) is 2.49. The summed E-state index contributed by atoms with van der Waals surface area (Å²) >= 11 is 0. The highest BCUT2D eigenvalue weighted by Gasteiger charge is 2.37. The van der Waals surface area contributed by atoms with Crippen LogP contribution in [0, 0.1) is 28.6 Å². The van der Waals surface area contributed by atoms with Crippen molar-refractivity contribution in [1.29, 1.82) is 5.26 Å². The van der Waals surface area contributed by atoms with Gasteiger partial charge < -0.3 is 0 Å². The summed E-state index contributed by atoms with van der Waals surface area (Å²) in [6.45, 7) is 2.25. The molecule has 2 fully saturated rings. The van der Waals surface area contributed by atoms with Crippen molar-refractivity contribution in [3.8, 4) is 6.07 Å². The first-order chi connectivity index (χ1) is 9.29. The minimum Gasteiger partial charge on any atom is -0.198 e. The molecule has 0 radical (unpaired) electrons. The first-order valence-electron chi connectivity index (χ1n) is 8.71. The number of rotatable bonds is 5. The molecule has 0 amide bonds. The van der Waals surface area contributed by atoms with Crippen molar-refractivity contribution in [3.05, 3.63) is 0 Å². The predicted molar refractivity (Wildman–Crippen MR) is 80.7 cm³/mol. The minimum absolute atomic E-state index is 0.0559. The quantitative estimate of drug-likeness (QED) is 0.570. The Morgan fingerprint density at radius 1 is 0.947 bits per heavy atom. The molecular weight excluding hydrogens is 230 g/mol. The highest BCUT2D eigenvalue weighted by atomic mass is 14.4. The lowest BCUT2D eigenvalue weighted by atomic mass is 9.64. The Morgan fingerprint density at radius 3 is 2.16 bits per heavy atom. The molecule has 0 spiro atoms. The molecule has 1 nitrogen and oxygen atoms in total. The molecule has 0 heterocycles. The van der Waals surface area contributed by atoms with E-state index in [2.05, 4.69) is 13.0 Å². The van der Waals surface area contributed by atoms with E-state index in [1.54, 1.807) is 0 Å². The molecule has 2 aliphatic carbocycles. The molecule has 0 aliphatic heterocycles. The molecule has 0 saturated heterocycles. The average molecular weight is 261 g/mol. The largest absolute Gasteiger partial charge is 0.198 e. The maximum atomic E-state index is 9.59. The normalized spacial score (nSPS) is 32.9. The first-order valence-corrected chi connectivity index (χ1v) is 8.71. The van der Waals surface area contributed by atoms with E-state index in [-0.39, 0.29) is 5.41 Å². The number of nitrogens with zero attached hydrogens (tertiary/aromatic N) is 1. The van der Waals surface area contributed by atoms with E-state index < -0.39 is 0 Å². The standard InChI is InChI=1S/C18H31N/c1-2-3-7-12-18(15-19)13-10-17(11-14-18)16-8-5-4-6-9-16/h16-17H,2-14H2,1H3. The molecule has 2 saturated carbocycles. The van der Waals surface area contributed by atoms with Crippen molar-refractivity contribution in [3.63, 3.8) is 0 Å². The molecule has 0 N–H and O–H groups in total. The van der Waals surface area contributed by atoms with E-state index in [9.17, 15) is 5.26 Å². The molecule has 0 bridgehead atoms. The SMILES string of the molecule is CCCCCC1(C#N)CCC(C2CCCCC2)CC1. The zero-order chi connectivity index (χ0) is 13.6. The van der Waals surface area contributed by atoms with Crippen molar-refractivity contribution in [2.45, 2.75) is 90.4 Å². The van der Waals surface area contributed by atoms with Crippen molar-refractivity contribution in [2.24, 2.45) is 17.3 Å². The van der Waals surface area contributed by atoms with Gasteiger partial charge in [0, 0.05) is 0 Å². The van der Waals surface area contributed by atoms with Gasteiger partial charge in [0.25, 0.3) is 0 Å². The summed E-state index contributed by atoms with van der Waals surface area (Å²) in [5.41, 5.74) is 0.0559. The molecule has 19 heavy (non-hydrogen) atoms. The summed E-state index contributed by atoms with van der Waals surface area (Å²) in [6.07, 6.45) is 17.4. The summed E-state index contributed by atoms with van der Waals surface area (Å²) < 4.78 is 0. The van der Waals surface area contributed by atoms with Crippen LogP contribution in [0.2, 0.25) is 0 Å². The van der Waals surface area contributed by atoms with Crippen molar-refractivity contribution in [2.75, 3.05) is 0 Å². The highest BCUT2D eigenvalue weighted by molar-refractivity contribution is 5.02. The van der Waals surface area contributed by atoms with Gasteiger partial charge in [0.2, 0.25) is 0 Å². The molecule has 2 aliphatic rings. The van der Waals surface area contributed by atoms with Crippen molar-refractivity contribution in [1.82, 2.24) is 0 Å². The number of hydrogen-bond acceptors (Lipinski definition) is 1. The molecule has 1 heteroatoms. The Labute approximate surface area is 119 Å². The van der Waals surface area contributed by atoms with Gasteiger partial charge in [-0.1, -0.05) is 58.3 Å². The lowest BCUT2D eigenvalue weighted by Crippen LogP contribution is -2.30. The van der Waals surface area contributed by atoms with Gasteiger partial charge >= 0.3 is 0 Å². The zero-order valence-corrected chi connectivity index (χ0v) is 12.8. The fourth-order valence-corrected chi connectivity index (χ4v) is 4.40. The number of nitriles is 1. The smallest absolute Gasteiger partial charge is 0.0689 e. The van der Waals surface area contributed by atoms with Gasteiger partial charge in [-0.05, 0) is 43.9 Å². The number of hydrogen-bond donors (Lipinski definition) is 0. The Morgan fingerprint density at radius 2 is 1.58 bits per heavy atom. The Bertz CT molecular complexity index is 287. The summed E-state index contributed by atoms with van der Waals surface area (Å²) in [6, 6.07) is 2.70. The lowest BCUT2D eigenvalue weighted by Gasteiger charge is -2.39. The van der Waals surface area contributed by atoms with E-state index in [0.29, 0.717) is 0 Å². The Hall–Kier alpha value is -0.510. The van der Waals surface area contributed by atoms with E-state index in [0.717, 1.165) is 18.3 Å². The van der Waals surface area contributed by atoms with E-state index >= 15 is 0 Å². The third kappa shape index (κ3) is 3.98. The second-order valence-electron chi connectivity index (χ2n) is 7.08. The van der Waals surface area contributed by atoms with Gasteiger partial charge in [-0.15, -0.1) is 0 Å². The molecule has 0 unspecified atom stereocenters. The second-order valence-corrected chi connectivity index (χ2v) is 7.08. The van der Waals surface area contributed by atoms with Gasteiger partial charge in [0.05, 0.1) is 11.5 Å². The van der Waals surface area contributed by atoms with Crippen LogP contribution in [0.3, 0.4) is 0 Å². The van der Waals surface area contributed by atoms with Gasteiger partial charge in [-0.3, -0.25) is 0 Å². The second kappa shape index (κ2) is 7.32. The minimum atomic E-state index is 0.0559. The van der Waals surface area contributed by atoms with Crippen LogP contribution in [0.25, 0.3) is 0 Å². The Balaban J connectivity index is 1.80. The van der Waals surface area contributed by atoms with E-state index in [1.807, 2.05) is 0 Å². The fourth-order valence-electron chi connectivity index (χ4n) is 4.40. The highest BCUT2D eigenvalue weighted by Crippen LogP contribution is 2.46. The van der Waals surface area contributed by atoms with Gasteiger partial charge in [0.15, 0.2) is 0 Å². The van der Waals surface area contributed by atoms with Gasteiger partial charge in [-0.2, -0.15) is 5.26 Å². The molecule has 0 aromatic heterocycles. The van der Waals surface area contributed by atoms with Crippen LogP contribution in [0.4, 0.5) is 0 Å². The molecule has 0 aromatic rings. The molecular formula is C18H31N. The van der Waals surface area contributed by atoms with Crippen LogP contribution in [0.5, 0.6) is 0 Å². The van der Waals surface area contributed by atoms with Crippen LogP contribution in [-0.2, 0) is 0 Å².